The van der Waals surface area contributed by atoms with Crippen molar-refractivity contribution in [3.05, 3.63) is 70.8 Å². The van der Waals surface area contributed by atoms with Gasteiger partial charge in [0.05, 0.1) is 17.3 Å². The van der Waals surface area contributed by atoms with Crippen LogP contribution in [0.5, 0.6) is 0 Å². The molecule has 0 fully saturated rings. The van der Waals surface area contributed by atoms with Gasteiger partial charge in [0.25, 0.3) is 0 Å². The molecule has 7 heteroatoms. The molecule has 2 rings (SSSR count). The Morgan fingerprint density at radius 2 is 1.96 bits per heavy atom. The van der Waals surface area contributed by atoms with Crippen molar-refractivity contribution in [3.63, 3.8) is 0 Å². The molecule has 0 atom stereocenters. The van der Waals surface area contributed by atoms with Gasteiger partial charge in [0.15, 0.2) is 11.0 Å². The van der Waals surface area contributed by atoms with Crippen LogP contribution in [-0.2, 0) is 5.75 Å². The Bertz CT molecular complexity index is 783. The van der Waals surface area contributed by atoms with Gasteiger partial charge in [0.1, 0.15) is 11.9 Å². The van der Waals surface area contributed by atoms with Gasteiger partial charge in [0, 0.05) is 5.75 Å². The van der Waals surface area contributed by atoms with Crippen molar-refractivity contribution in [2.75, 3.05) is 0 Å². The van der Waals surface area contributed by atoms with Gasteiger partial charge in [-0.15, -0.1) is 5.10 Å². The molecule has 0 aliphatic carbocycles. The van der Waals surface area contributed by atoms with E-state index in [1.54, 1.807) is 6.07 Å². The number of nitrogens with two attached hydrogens (primary N) is 1. The summed E-state index contributed by atoms with van der Waals surface area (Å²) in [6, 6.07) is 13.3. The number of thioether (sulfide) groups is 1. The number of hydrogen-bond donors (Lipinski definition) is 1. The van der Waals surface area contributed by atoms with Crippen molar-refractivity contribution in [2.45, 2.75) is 5.75 Å². The fraction of sp³-hybridized carbons (Fsp3) is 0.0625. The van der Waals surface area contributed by atoms with Crippen LogP contribution in [0, 0.1) is 23.0 Å². The molecule has 0 radical (unpaired) electrons. The van der Waals surface area contributed by atoms with E-state index in [0.29, 0.717) is 5.75 Å². The lowest BCUT2D eigenvalue weighted by atomic mass is 10.1. The van der Waals surface area contributed by atoms with Crippen molar-refractivity contribution >= 4 is 23.1 Å². The van der Waals surface area contributed by atoms with E-state index in [1.165, 1.54) is 11.8 Å². The molecule has 0 spiro atoms. The smallest absolute Gasteiger partial charge is 0.180 e. The van der Waals surface area contributed by atoms with Gasteiger partial charge in [0.2, 0.25) is 0 Å². The van der Waals surface area contributed by atoms with E-state index in [0.717, 1.165) is 23.9 Å². The predicted molar refractivity (Wildman–Crippen MR) is 88.0 cm³/mol. The number of rotatable bonds is 4. The fourth-order valence-corrected chi connectivity index (χ4v) is 2.29. The molecular formula is C16H12F2N4S. The average Bonchev–Trinajstić information content (AvgIpc) is 2.57. The molecule has 116 valence electrons. The van der Waals surface area contributed by atoms with Gasteiger partial charge < -0.3 is 5.73 Å². The van der Waals surface area contributed by atoms with Crippen LogP contribution < -0.4 is 5.73 Å². The zero-order valence-electron chi connectivity index (χ0n) is 11.9. The largest absolute Gasteiger partial charge is 0.377 e. The highest BCUT2D eigenvalue weighted by atomic mass is 32.2. The minimum Gasteiger partial charge on any atom is -0.377 e. The minimum absolute atomic E-state index is 0.169. The Labute approximate surface area is 136 Å². The highest BCUT2D eigenvalue weighted by Gasteiger charge is 2.11. The summed E-state index contributed by atoms with van der Waals surface area (Å²) < 4.78 is 27.3. The number of halogens is 2. The molecule has 23 heavy (non-hydrogen) atoms. The van der Waals surface area contributed by atoms with Gasteiger partial charge in [-0.2, -0.15) is 10.4 Å². The first-order valence-corrected chi connectivity index (χ1v) is 7.51. The first-order valence-electron chi connectivity index (χ1n) is 6.53. The summed E-state index contributed by atoms with van der Waals surface area (Å²) in [5.41, 5.74) is 6.06. The summed E-state index contributed by atoms with van der Waals surface area (Å²) >= 11 is 1.25. The van der Waals surface area contributed by atoms with Gasteiger partial charge in [-0.05, 0) is 17.7 Å². The van der Waals surface area contributed by atoms with Crippen molar-refractivity contribution in [1.29, 1.82) is 5.26 Å². The summed E-state index contributed by atoms with van der Waals surface area (Å²) in [6.07, 6.45) is 0.904. The number of amidine groups is 1. The van der Waals surface area contributed by atoms with E-state index in [-0.39, 0.29) is 10.7 Å². The van der Waals surface area contributed by atoms with Gasteiger partial charge in [-0.1, -0.05) is 42.1 Å². The van der Waals surface area contributed by atoms with Crippen molar-refractivity contribution in [2.24, 2.45) is 15.9 Å². The number of hydrogen-bond acceptors (Lipinski definition) is 4. The highest BCUT2D eigenvalue weighted by Crippen LogP contribution is 2.15. The van der Waals surface area contributed by atoms with E-state index >= 15 is 0 Å². The molecular weight excluding hydrogens is 318 g/mol. The van der Waals surface area contributed by atoms with Crippen LogP contribution in [-0.4, -0.2) is 11.4 Å². The van der Waals surface area contributed by atoms with Crippen LogP contribution in [0.2, 0.25) is 0 Å². The molecule has 0 saturated heterocycles. The molecule has 0 heterocycles. The Morgan fingerprint density at radius 3 is 2.65 bits per heavy atom. The second-order valence-electron chi connectivity index (χ2n) is 4.39. The van der Waals surface area contributed by atoms with Crippen LogP contribution >= 0.6 is 11.8 Å². The summed E-state index contributed by atoms with van der Waals surface area (Å²) in [7, 11) is 0. The standard InChI is InChI=1S/C16H12F2N4S/c17-14-7-6-12(8-19)15(18)13(14)9-21-22-16(20)23-10-11-4-2-1-3-5-11/h1-7,9H,10H2,(H2,20,22). The monoisotopic (exact) mass is 330 g/mol. The van der Waals surface area contributed by atoms with Crippen LogP contribution in [0.1, 0.15) is 16.7 Å². The molecule has 0 amide bonds. The van der Waals surface area contributed by atoms with Gasteiger partial charge in [-0.3, -0.25) is 0 Å². The van der Waals surface area contributed by atoms with Crippen LogP contribution in [0.25, 0.3) is 0 Å². The molecule has 0 unspecified atom stereocenters. The zero-order valence-corrected chi connectivity index (χ0v) is 12.7. The first-order chi connectivity index (χ1) is 11.1. The van der Waals surface area contributed by atoms with Crippen molar-refractivity contribution in [3.8, 4) is 6.07 Å². The van der Waals surface area contributed by atoms with Crippen molar-refractivity contribution < 1.29 is 8.78 Å². The molecule has 0 aliphatic rings. The summed E-state index contributed by atoms with van der Waals surface area (Å²) in [5.74, 6) is -1.18. The highest BCUT2D eigenvalue weighted by molar-refractivity contribution is 8.13. The maximum Gasteiger partial charge on any atom is 0.180 e. The minimum atomic E-state index is -0.970. The Hall–Kier alpha value is -2.72. The van der Waals surface area contributed by atoms with Crippen molar-refractivity contribution in [1.82, 2.24) is 0 Å². The van der Waals surface area contributed by atoms with E-state index < -0.39 is 17.2 Å². The van der Waals surface area contributed by atoms with Crippen LogP contribution in [0.15, 0.2) is 52.7 Å². The molecule has 4 nitrogen and oxygen atoms in total. The second kappa shape index (κ2) is 8.06. The number of nitriles is 1. The lowest BCUT2D eigenvalue weighted by molar-refractivity contribution is 0.577. The van der Waals surface area contributed by atoms with Crippen LogP contribution in [0.4, 0.5) is 8.78 Å². The normalized spacial score (nSPS) is 11.6. The summed E-state index contributed by atoms with van der Waals surface area (Å²) in [5, 5.41) is 16.1. The molecule has 2 aromatic rings. The second-order valence-corrected chi connectivity index (χ2v) is 5.39. The Morgan fingerprint density at radius 1 is 1.22 bits per heavy atom. The molecule has 0 aliphatic heterocycles. The topological polar surface area (TPSA) is 74.5 Å². The lowest BCUT2D eigenvalue weighted by Crippen LogP contribution is -2.06. The number of benzene rings is 2. The Balaban J connectivity index is 2.04. The van der Waals surface area contributed by atoms with E-state index in [2.05, 4.69) is 10.2 Å². The lowest BCUT2D eigenvalue weighted by Gasteiger charge is -2.00. The maximum absolute atomic E-state index is 13.8. The molecule has 0 saturated carbocycles. The third kappa shape index (κ3) is 4.63. The third-order valence-electron chi connectivity index (χ3n) is 2.82. The quantitative estimate of drug-likeness (QED) is 0.530. The molecule has 0 aromatic heterocycles. The average molecular weight is 330 g/mol. The van der Waals surface area contributed by atoms with Gasteiger partial charge in [-0.25, -0.2) is 8.78 Å². The molecule has 2 N–H and O–H groups in total. The summed E-state index contributed by atoms with van der Waals surface area (Å²) in [4.78, 5) is 0. The summed E-state index contributed by atoms with van der Waals surface area (Å²) in [6.45, 7) is 0. The predicted octanol–water partition coefficient (Wildman–Crippen LogP) is 3.42. The zero-order chi connectivity index (χ0) is 16.7. The SMILES string of the molecule is N#Cc1ccc(F)c(C=NN=C(N)SCc2ccccc2)c1F. The van der Waals surface area contributed by atoms with E-state index in [1.807, 2.05) is 30.3 Å². The Kier molecular flexibility index (Phi) is 5.83. The van der Waals surface area contributed by atoms with E-state index in [4.69, 9.17) is 11.0 Å². The molecule has 2 aromatic carbocycles. The van der Waals surface area contributed by atoms with Gasteiger partial charge >= 0.3 is 0 Å². The fourth-order valence-electron chi connectivity index (χ4n) is 1.68. The van der Waals surface area contributed by atoms with E-state index in [9.17, 15) is 8.78 Å². The number of nitrogens with zero attached hydrogens (tertiary/aromatic N) is 3. The third-order valence-corrected chi connectivity index (χ3v) is 3.67. The van der Waals surface area contributed by atoms with Crippen LogP contribution in [0.3, 0.4) is 0 Å². The first kappa shape index (κ1) is 16.6. The maximum atomic E-state index is 13.8. The molecule has 0 bridgehead atoms.